The average Bonchev–Trinajstić information content (AvgIpc) is 2.87. The van der Waals surface area contributed by atoms with Crippen molar-refractivity contribution in [3.05, 3.63) is 28.9 Å². The first kappa shape index (κ1) is 14.0. The molecule has 0 bridgehead atoms. The molecule has 2 aromatic rings. The molecule has 0 aliphatic rings. The maximum atomic E-state index is 12.2. The SMILES string of the molecule is Cc1nn(C)cc1NS(=O)(=O)c1ccc(CCN)s1. The lowest BCUT2D eigenvalue weighted by Gasteiger charge is -2.04. The molecule has 3 N–H and O–H groups in total. The van der Waals surface area contributed by atoms with Gasteiger partial charge in [-0.25, -0.2) is 8.42 Å². The summed E-state index contributed by atoms with van der Waals surface area (Å²) in [5, 5.41) is 4.10. The van der Waals surface area contributed by atoms with Gasteiger partial charge in [0.2, 0.25) is 0 Å². The van der Waals surface area contributed by atoms with Crippen LogP contribution in [-0.2, 0) is 23.5 Å². The summed E-state index contributed by atoms with van der Waals surface area (Å²) >= 11 is 1.24. The number of rotatable bonds is 5. The zero-order valence-corrected chi connectivity index (χ0v) is 12.4. The van der Waals surface area contributed by atoms with Crippen molar-refractivity contribution in [2.24, 2.45) is 12.8 Å². The molecule has 6 nitrogen and oxygen atoms in total. The predicted octanol–water partition coefficient (Wildman–Crippen LogP) is 1.09. The number of thiophene rings is 1. The first-order valence-electron chi connectivity index (χ1n) is 5.74. The second-order valence-corrected chi connectivity index (χ2v) is 7.24. The summed E-state index contributed by atoms with van der Waals surface area (Å²) in [6.07, 6.45) is 2.33. The van der Waals surface area contributed by atoms with Crippen LogP contribution >= 0.6 is 11.3 Å². The minimum atomic E-state index is -3.55. The van der Waals surface area contributed by atoms with E-state index in [1.165, 1.54) is 11.3 Å². The van der Waals surface area contributed by atoms with Crippen molar-refractivity contribution in [3.8, 4) is 0 Å². The molecule has 0 amide bonds. The Balaban J connectivity index is 2.24. The molecule has 2 heterocycles. The van der Waals surface area contributed by atoms with Gasteiger partial charge in [-0.1, -0.05) is 0 Å². The average molecular weight is 300 g/mol. The number of sulfonamides is 1. The van der Waals surface area contributed by atoms with Gasteiger partial charge in [-0.2, -0.15) is 5.10 Å². The third kappa shape index (κ3) is 3.14. The highest BCUT2D eigenvalue weighted by Gasteiger charge is 2.18. The van der Waals surface area contributed by atoms with E-state index in [0.717, 1.165) is 4.88 Å². The molecule has 2 rings (SSSR count). The highest BCUT2D eigenvalue weighted by atomic mass is 32.2. The smallest absolute Gasteiger partial charge is 0.271 e. The summed E-state index contributed by atoms with van der Waals surface area (Å²) in [4.78, 5) is 0.964. The number of aromatic nitrogens is 2. The van der Waals surface area contributed by atoms with Gasteiger partial charge in [0.05, 0.1) is 11.4 Å². The molecule has 0 spiro atoms. The molecule has 0 aliphatic heterocycles. The normalized spacial score (nSPS) is 11.7. The van der Waals surface area contributed by atoms with Crippen molar-refractivity contribution >= 4 is 27.0 Å². The number of nitrogens with zero attached hydrogens (tertiary/aromatic N) is 2. The van der Waals surface area contributed by atoms with Crippen LogP contribution in [0.3, 0.4) is 0 Å². The third-order valence-electron chi connectivity index (χ3n) is 2.55. The van der Waals surface area contributed by atoms with Crippen molar-refractivity contribution in [2.75, 3.05) is 11.3 Å². The molecule has 0 saturated carbocycles. The minimum Gasteiger partial charge on any atom is -0.330 e. The zero-order valence-electron chi connectivity index (χ0n) is 10.8. The quantitative estimate of drug-likeness (QED) is 0.865. The fraction of sp³-hybridized carbons (Fsp3) is 0.364. The van der Waals surface area contributed by atoms with Gasteiger partial charge >= 0.3 is 0 Å². The van der Waals surface area contributed by atoms with Gasteiger partial charge in [0, 0.05) is 18.1 Å². The van der Waals surface area contributed by atoms with E-state index in [0.29, 0.717) is 28.6 Å². The Hall–Kier alpha value is -1.38. The van der Waals surface area contributed by atoms with Crippen molar-refractivity contribution in [2.45, 2.75) is 17.6 Å². The lowest BCUT2D eigenvalue weighted by molar-refractivity contribution is 0.603. The van der Waals surface area contributed by atoms with Gasteiger partial charge in [0.15, 0.2) is 0 Å². The minimum absolute atomic E-state index is 0.291. The molecule has 8 heteroatoms. The number of hydrogen-bond donors (Lipinski definition) is 2. The molecular formula is C11H16N4O2S2. The highest BCUT2D eigenvalue weighted by Crippen LogP contribution is 2.25. The highest BCUT2D eigenvalue weighted by molar-refractivity contribution is 7.94. The molecule has 2 aromatic heterocycles. The summed E-state index contributed by atoms with van der Waals surface area (Å²) < 4.78 is 28.8. The standard InChI is InChI=1S/C11H16N4O2S2/c1-8-10(7-15(2)13-8)14-19(16,17)11-4-3-9(18-11)5-6-12/h3-4,7,14H,5-6,12H2,1-2H3. The fourth-order valence-corrected chi connectivity index (χ4v) is 4.15. The van der Waals surface area contributed by atoms with Crippen molar-refractivity contribution in [1.82, 2.24) is 9.78 Å². The number of nitrogens with one attached hydrogen (secondary N) is 1. The van der Waals surface area contributed by atoms with E-state index < -0.39 is 10.0 Å². The van der Waals surface area contributed by atoms with Crippen LogP contribution in [0.15, 0.2) is 22.5 Å². The predicted molar refractivity (Wildman–Crippen MR) is 75.8 cm³/mol. The summed E-state index contributed by atoms with van der Waals surface area (Å²) in [6.45, 7) is 2.27. The number of aryl methyl sites for hydroxylation is 2. The van der Waals surface area contributed by atoms with Gasteiger partial charge in [-0.05, 0) is 32.0 Å². The maximum absolute atomic E-state index is 12.2. The van der Waals surface area contributed by atoms with Crippen LogP contribution < -0.4 is 10.5 Å². The van der Waals surface area contributed by atoms with E-state index in [1.807, 2.05) is 0 Å². The topological polar surface area (TPSA) is 90.0 Å². The van der Waals surface area contributed by atoms with Gasteiger partial charge in [-0.15, -0.1) is 11.3 Å². The Morgan fingerprint density at radius 3 is 2.79 bits per heavy atom. The Labute approximate surface area is 116 Å². The zero-order chi connectivity index (χ0) is 14.0. The van der Waals surface area contributed by atoms with Crippen LogP contribution in [0.1, 0.15) is 10.6 Å². The summed E-state index contributed by atoms with van der Waals surface area (Å²) in [5.41, 5.74) is 6.60. The monoisotopic (exact) mass is 300 g/mol. The first-order chi connectivity index (χ1) is 8.92. The Kier molecular flexibility index (Phi) is 3.93. The van der Waals surface area contributed by atoms with Crippen LogP contribution in [0.5, 0.6) is 0 Å². The lowest BCUT2D eigenvalue weighted by atomic mass is 10.3. The molecule has 0 fully saturated rings. The largest absolute Gasteiger partial charge is 0.330 e. The van der Waals surface area contributed by atoms with Gasteiger partial charge in [0.25, 0.3) is 10.0 Å². The molecule has 19 heavy (non-hydrogen) atoms. The number of nitrogens with two attached hydrogens (primary N) is 1. The Morgan fingerprint density at radius 1 is 1.47 bits per heavy atom. The fourth-order valence-electron chi connectivity index (χ4n) is 1.67. The van der Waals surface area contributed by atoms with E-state index in [-0.39, 0.29) is 0 Å². The second kappa shape index (κ2) is 5.32. The van der Waals surface area contributed by atoms with Gasteiger partial charge in [-0.3, -0.25) is 9.40 Å². The van der Waals surface area contributed by atoms with Gasteiger partial charge in [0.1, 0.15) is 4.21 Å². The first-order valence-corrected chi connectivity index (χ1v) is 8.04. The van der Waals surface area contributed by atoms with Crippen LogP contribution in [0, 0.1) is 6.92 Å². The molecule has 0 saturated heterocycles. The third-order valence-corrected chi connectivity index (χ3v) is 5.55. The molecular weight excluding hydrogens is 284 g/mol. The molecule has 0 radical (unpaired) electrons. The summed E-state index contributed by atoms with van der Waals surface area (Å²) in [5.74, 6) is 0. The summed E-state index contributed by atoms with van der Waals surface area (Å²) in [6, 6.07) is 3.39. The Morgan fingerprint density at radius 2 is 2.21 bits per heavy atom. The van der Waals surface area contributed by atoms with E-state index in [1.54, 1.807) is 37.0 Å². The van der Waals surface area contributed by atoms with E-state index in [4.69, 9.17) is 5.73 Å². The van der Waals surface area contributed by atoms with Crippen LogP contribution in [-0.4, -0.2) is 24.7 Å². The second-order valence-electron chi connectivity index (χ2n) is 4.17. The van der Waals surface area contributed by atoms with E-state index in [9.17, 15) is 8.42 Å². The number of anilines is 1. The molecule has 0 unspecified atom stereocenters. The van der Waals surface area contributed by atoms with E-state index >= 15 is 0 Å². The molecule has 104 valence electrons. The molecule has 0 atom stereocenters. The number of hydrogen-bond acceptors (Lipinski definition) is 5. The van der Waals surface area contributed by atoms with Crippen molar-refractivity contribution in [1.29, 1.82) is 0 Å². The van der Waals surface area contributed by atoms with Gasteiger partial charge < -0.3 is 5.73 Å². The van der Waals surface area contributed by atoms with Crippen molar-refractivity contribution in [3.63, 3.8) is 0 Å². The van der Waals surface area contributed by atoms with Crippen molar-refractivity contribution < 1.29 is 8.42 Å². The molecule has 0 aliphatic carbocycles. The lowest BCUT2D eigenvalue weighted by Crippen LogP contribution is -2.11. The summed E-state index contributed by atoms with van der Waals surface area (Å²) in [7, 11) is -1.80. The van der Waals surface area contributed by atoms with Crippen LogP contribution in [0.4, 0.5) is 5.69 Å². The van der Waals surface area contributed by atoms with Crippen LogP contribution in [0.25, 0.3) is 0 Å². The van der Waals surface area contributed by atoms with Crippen LogP contribution in [0.2, 0.25) is 0 Å². The molecule has 0 aromatic carbocycles. The maximum Gasteiger partial charge on any atom is 0.271 e. The Bertz CT molecular complexity index is 673. The van der Waals surface area contributed by atoms with E-state index in [2.05, 4.69) is 9.82 Å².